The lowest BCUT2D eigenvalue weighted by atomic mass is 9.91. The van der Waals surface area contributed by atoms with Gasteiger partial charge in [0, 0.05) is 23.6 Å². The summed E-state index contributed by atoms with van der Waals surface area (Å²) in [6, 6.07) is 7.65. The molecule has 2 heterocycles. The molecule has 1 saturated heterocycles. The molecule has 4 rings (SSSR count). The van der Waals surface area contributed by atoms with Gasteiger partial charge < -0.3 is 19.2 Å². The number of ether oxygens (including phenoxy) is 2. The number of rotatable bonds is 12. The minimum atomic E-state index is -4.73. The predicted molar refractivity (Wildman–Crippen MR) is 169 cm³/mol. The Labute approximate surface area is 271 Å². The van der Waals surface area contributed by atoms with Crippen LogP contribution in [0.1, 0.15) is 99.8 Å². The van der Waals surface area contributed by atoms with Gasteiger partial charge >= 0.3 is 23.8 Å². The zero-order valence-electron chi connectivity index (χ0n) is 27.6. The first-order chi connectivity index (χ1) is 22.0. The van der Waals surface area contributed by atoms with E-state index in [1.54, 1.807) is 52.0 Å². The van der Waals surface area contributed by atoms with E-state index in [4.69, 9.17) is 13.9 Å². The molecule has 254 valence electrons. The van der Waals surface area contributed by atoms with Gasteiger partial charge in [-0.25, -0.2) is 14.4 Å². The molecule has 0 radical (unpaired) electrons. The van der Waals surface area contributed by atoms with Crippen molar-refractivity contribution in [2.45, 2.75) is 97.4 Å². The van der Waals surface area contributed by atoms with E-state index in [0.717, 1.165) is 4.90 Å². The Hall–Kier alpha value is -4.35. The van der Waals surface area contributed by atoms with Gasteiger partial charge in [0.25, 0.3) is 5.91 Å². The molecule has 2 aromatic carbocycles. The van der Waals surface area contributed by atoms with E-state index in [2.05, 4.69) is 5.32 Å². The maximum absolute atomic E-state index is 13.9. The lowest BCUT2D eigenvalue weighted by Crippen LogP contribution is -2.41. The van der Waals surface area contributed by atoms with Crippen molar-refractivity contribution in [1.82, 2.24) is 10.2 Å². The first-order valence-corrected chi connectivity index (χ1v) is 15.8. The summed E-state index contributed by atoms with van der Waals surface area (Å²) < 4.78 is 58.4. The molecular formula is C35H41F3N2O7. The minimum absolute atomic E-state index is 0.116. The van der Waals surface area contributed by atoms with E-state index in [1.807, 2.05) is 13.8 Å². The van der Waals surface area contributed by atoms with Crippen LogP contribution in [0.2, 0.25) is 0 Å². The monoisotopic (exact) mass is 658 g/mol. The fourth-order valence-electron chi connectivity index (χ4n) is 5.67. The van der Waals surface area contributed by atoms with Crippen LogP contribution in [-0.4, -0.2) is 41.6 Å². The van der Waals surface area contributed by atoms with E-state index in [0.29, 0.717) is 72.6 Å². The summed E-state index contributed by atoms with van der Waals surface area (Å²) in [5, 5.41) is 2.58. The second-order valence-electron chi connectivity index (χ2n) is 12.8. The fourth-order valence-corrected chi connectivity index (χ4v) is 5.67. The summed E-state index contributed by atoms with van der Waals surface area (Å²) in [5.41, 5.74) is -2.40. The minimum Gasteiger partial charge on any atom is -0.493 e. The van der Waals surface area contributed by atoms with Crippen LogP contribution < -0.4 is 15.7 Å². The zero-order valence-corrected chi connectivity index (χ0v) is 27.6. The zero-order chi connectivity index (χ0) is 34.7. The molecular weight excluding hydrogens is 617 g/mol. The summed E-state index contributed by atoms with van der Waals surface area (Å²) in [7, 11) is 0. The topological polar surface area (TPSA) is 115 Å². The molecule has 0 aliphatic carbocycles. The smallest absolute Gasteiger partial charge is 0.417 e. The van der Waals surface area contributed by atoms with Crippen molar-refractivity contribution >= 4 is 28.9 Å². The highest BCUT2D eigenvalue weighted by atomic mass is 19.4. The number of nitrogens with zero attached hydrogens (tertiary/aromatic N) is 1. The largest absolute Gasteiger partial charge is 0.493 e. The first kappa shape index (κ1) is 35.5. The summed E-state index contributed by atoms with van der Waals surface area (Å²) in [4.78, 5) is 51.9. The van der Waals surface area contributed by atoms with Crippen molar-refractivity contribution in [2.24, 2.45) is 0 Å². The Morgan fingerprint density at radius 1 is 0.979 bits per heavy atom. The SMILES string of the molecule is CCCc1cc2c(C(F)(F)F)cc(=O)oc2c(CCC)c1OCCCCN1C(=O)NC(C)(c2ccc(C(=O)OC(C)(C)C)cc2)C1=O. The molecule has 9 nitrogen and oxygen atoms in total. The number of urea groups is 1. The van der Waals surface area contributed by atoms with Crippen LogP contribution in [0.5, 0.6) is 5.75 Å². The molecule has 1 aliphatic heterocycles. The molecule has 1 aliphatic rings. The van der Waals surface area contributed by atoms with Crippen molar-refractivity contribution in [3.63, 3.8) is 0 Å². The number of amides is 3. The van der Waals surface area contributed by atoms with E-state index in [-0.39, 0.29) is 24.1 Å². The number of imide groups is 1. The van der Waals surface area contributed by atoms with Gasteiger partial charge in [0.05, 0.1) is 17.7 Å². The quantitative estimate of drug-likeness (QED) is 0.0940. The number of carbonyl (C=O) groups is 3. The Balaban J connectivity index is 1.46. The van der Waals surface area contributed by atoms with Crippen molar-refractivity contribution in [2.75, 3.05) is 13.2 Å². The highest BCUT2D eigenvalue weighted by Gasteiger charge is 2.48. The standard InChI is InChI=1S/C35H41F3N2O7/c1-7-11-22-19-25-26(35(36,37)38)20-27(41)46-29(25)24(12-8-2)28(22)45-18-10-9-17-40-31(43)34(6,39-32(40)44)23-15-13-21(14-16-23)30(42)47-33(3,4)5/h13-16,19-20H,7-12,17-18H2,1-6H3,(H,39,44). The van der Waals surface area contributed by atoms with Gasteiger partial charge in [0.15, 0.2) is 0 Å². The molecule has 1 atom stereocenters. The van der Waals surface area contributed by atoms with E-state index in [1.165, 1.54) is 6.07 Å². The van der Waals surface area contributed by atoms with Gasteiger partial charge in [0.2, 0.25) is 0 Å². The molecule has 1 unspecified atom stereocenters. The Morgan fingerprint density at radius 3 is 2.23 bits per heavy atom. The van der Waals surface area contributed by atoms with Gasteiger partial charge in [-0.15, -0.1) is 0 Å². The summed E-state index contributed by atoms with van der Waals surface area (Å²) in [6.07, 6.45) is -1.87. The first-order valence-electron chi connectivity index (χ1n) is 15.8. The van der Waals surface area contributed by atoms with Gasteiger partial charge in [0.1, 0.15) is 22.5 Å². The second kappa shape index (κ2) is 13.8. The number of hydrogen-bond acceptors (Lipinski definition) is 7. The van der Waals surface area contributed by atoms with Gasteiger partial charge in [-0.05, 0) is 82.7 Å². The third kappa shape index (κ3) is 7.80. The molecule has 3 aromatic rings. The van der Waals surface area contributed by atoms with E-state index < -0.39 is 46.4 Å². The number of fused-ring (bicyclic) bond motifs is 1. The summed E-state index contributed by atoms with van der Waals surface area (Å²) in [5.74, 6) is -0.530. The Morgan fingerprint density at radius 2 is 1.64 bits per heavy atom. The molecule has 0 spiro atoms. The van der Waals surface area contributed by atoms with Crippen LogP contribution in [0.25, 0.3) is 11.0 Å². The lowest BCUT2D eigenvalue weighted by molar-refractivity contribution is -0.136. The molecule has 12 heteroatoms. The third-order valence-corrected chi connectivity index (χ3v) is 7.88. The Bertz CT molecular complexity index is 1710. The number of alkyl halides is 3. The van der Waals surface area contributed by atoms with Crippen molar-refractivity contribution < 1.29 is 41.4 Å². The number of aryl methyl sites for hydroxylation is 2. The molecule has 47 heavy (non-hydrogen) atoms. The highest BCUT2D eigenvalue weighted by molar-refractivity contribution is 6.07. The second-order valence-corrected chi connectivity index (χ2v) is 12.8. The number of unbranched alkanes of at least 4 members (excludes halogenated alkanes) is 1. The maximum Gasteiger partial charge on any atom is 0.417 e. The van der Waals surface area contributed by atoms with E-state index >= 15 is 0 Å². The van der Waals surface area contributed by atoms with Gasteiger partial charge in [-0.3, -0.25) is 9.69 Å². The van der Waals surface area contributed by atoms with Crippen LogP contribution in [0.4, 0.5) is 18.0 Å². The molecule has 1 N–H and O–H groups in total. The molecule has 0 bridgehead atoms. The average Bonchev–Trinajstić information content (AvgIpc) is 3.20. The predicted octanol–water partition coefficient (Wildman–Crippen LogP) is 7.30. The van der Waals surface area contributed by atoms with Crippen LogP contribution in [-0.2, 0) is 34.1 Å². The van der Waals surface area contributed by atoms with Gasteiger partial charge in [-0.2, -0.15) is 13.2 Å². The molecule has 3 amide bonds. The maximum atomic E-state index is 13.9. The third-order valence-electron chi connectivity index (χ3n) is 7.88. The number of hydrogen-bond donors (Lipinski definition) is 1. The van der Waals surface area contributed by atoms with Crippen molar-refractivity contribution in [1.29, 1.82) is 0 Å². The highest BCUT2D eigenvalue weighted by Crippen LogP contribution is 2.40. The van der Waals surface area contributed by atoms with Crippen LogP contribution in [0.3, 0.4) is 0 Å². The van der Waals surface area contributed by atoms with Crippen LogP contribution >= 0.6 is 0 Å². The van der Waals surface area contributed by atoms with Crippen molar-refractivity contribution in [3.8, 4) is 5.75 Å². The number of carbonyl (C=O) groups excluding carboxylic acids is 3. The lowest BCUT2D eigenvalue weighted by Gasteiger charge is -2.23. The van der Waals surface area contributed by atoms with Gasteiger partial charge in [-0.1, -0.05) is 38.8 Å². The number of esters is 1. The number of benzene rings is 2. The molecule has 1 aromatic heterocycles. The summed E-state index contributed by atoms with van der Waals surface area (Å²) in [6.45, 7) is 11.0. The summed E-state index contributed by atoms with van der Waals surface area (Å²) >= 11 is 0. The van der Waals surface area contributed by atoms with Crippen molar-refractivity contribution in [3.05, 3.63) is 74.6 Å². The number of halogens is 3. The average molecular weight is 659 g/mol. The molecule has 0 saturated carbocycles. The van der Waals surface area contributed by atoms with Crippen LogP contribution in [0.15, 0.2) is 45.6 Å². The normalized spacial score (nSPS) is 16.9. The fraction of sp³-hybridized carbons (Fsp3) is 0.486. The Kier molecular flexibility index (Phi) is 10.4. The van der Waals surface area contributed by atoms with Crippen LogP contribution in [0, 0.1) is 0 Å². The van der Waals surface area contributed by atoms with E-state index in [9.17, 15) is 32.3 Å². The molecule has 1 fully saturated rings. The number of nitrogens with one attached hydrogen (secondary N) is 1.